The molecular formula is C18H21N5OS. The zero-order valence-corrected chi connectivity index (χ0v) is 15.1. The first-order chi connectivity index (χ1) is 12.2. The predicted octanol–water partition coefficient (Wildman–Crippen LogP) is 2.47. The van der Waals surface area contributed by atoms with E-state index in [1.165, 1.54) is 4.88 Å². The van der Waals surface area contributed by atoms with Gasteiger partial charge in [0, 0.05) is 49.7 Å². The summed E-state index contributed by atoms with van der Waals surface area (Å²) >= 11 is 1.79. The molecule has 0 radical (unpaired) electrons. The fourth-order valence-electron chi connectivity index (χ4n) is 3.25. The quantitative estimate of drug-likeness (QED) is 0.721. The summed E-state index contributed by atoms with van der Waals surface area (Å²) in [5.41, 5.74) is 2.45. The molecule has 0 aliphatic carbocycles. The maximum atomic E-state index is 12.8. The molecule has 0 spiro atoms. The van der Waals surface area contributed by atoms with Crippen LogP contribution in [-0.4, -0.2) is 56.9 Å². The van der Waals surface area contributed by atoms with Gasteiger partial charge in [0.15, 0.2) is 0 Å². The lowest BCUT2D eigenvalue weighted by Crippen LogP contribution is -2.48. The van der Waals surface area contributed by atoms with Gasteiger partial charge in [-0.3, -0.25) is 9.69 Å². The summed E-state index contributed by atoms with van der Waals surface area (Å²) in [5, 5.41) is 10.4. The van der Waals surface area contributed by atoms with E-state index in [-0.39, 0.29) is 5.91 Å². The molecule has 0 atom stereocenters. The molecular weight excluding hydrogens is 334 g/mol. The van der Waals surface area contributed by atoms with Crippen molar-refractivity contribution in [1.82, 2.24) is 24.8 Å². The molecule has 130 valence electrons. The third kappa shape index (κ3) is 3.29. The van der Waals surface area contributed by atoms with Crippen molar-refractivity contribution in [1.29, 1.82) is 0 Å². The summed E-state index contributed by atoms with van der Waals surface area (Å²) in [7, 11) is 0. The number of fused-ring (bicyclic) bond motifs is 1. The third-order valence-electron chi connectivity index (χ3n) is 4.68. The normalized spacial score (nSPS) is 15.8. The number of aryl methyl sites for hydroxylation is 1. The number of thiophene rings is 1. The number of hydrogen-bond donors (Lipinski definition) is 0. The third-order valence-corrected chi connectivity index (χ3v) is 5.54. The summed E-state index contributed by atoms with van der Waals surface area (Å²) in [6, 6.07) is 9.94. The number of benzene rings is 1. The van der Waals surface area contributed by atoms with Gasteiger partial charge >= 0.3 is 0 Å². The Morgan fingerprint density at radius 3 is 2.76 bits per heavy atom. The van der Waals surface area contributed by atoms with Crippen LogP contribution in [0.2, 0.25) is 0 Å². The van der Waals surface area contributed by atoms with E-state index in [1.807, 2.05) is 34.7 Å². The highest BCUT2D eigenvalue weighted by Crippen LogP contribution is 2.17. The van der Waals surface area contributed by atoms with Crippen molar-refractivity contribution in [3.63, 3.8) is 0 Å². The SMILES string of the molecule is CCn1nnc2cc(C(=O)N3CCN(Cc4cccs4)CC3)ccc21. The molecule has 1 aliphatic heterocycles. The molecule has 7 heteroatoms. The molecule has 0 N–H and O–H groups in total. The first-order valence-electron chi connectivity index (χ1n) is 8.62. The minimum absolute atomic E-state index is 0.0868. The van der Waals surface area contributed by atoms with E-state index in [0.29, 0.717) is 5.56 Å². The van der Waals surface area contributed by atoms with Crippen molar-refractivity contribution in [2.24, 2.45) is 0 Å². The molecule has 25 heavy (non-hydrogen) atoms. The Morgan fingerprint density at radius 2 is 2.04 bits per heavy atom. The molecule has 2 aromatic heterocycles. The predicted molar refractivity (Wildman–Crippen MR) is 98.7 cm³/mol. The monoisotopic (exact) mass is 355 g/mol. The largest absolute Gasteiger partial charge is 0.336 e. The van der Waals surface area contributed by atoms with Gasteiger partial charge in [0.05, 0.1) is 5.52 Å². The highest BCUT2D eigenvalue weighted by molar-refractivity contribution is 7.09. The fraction of sp³-hybridized carbons (Fsp3) is 0.389. The van der Waals surface area contributed by atoms with Gasteiger partial charge in [-0.05, 0) is 36.6 Å². The van der Waals surface area contributed by atoms with Crippen LogP contribution in [-0.2, 0) is 13.1 Å². The topological polar surface area (TPSA) is 54.3 Å². The highest BCUT2D eigenvalue weighted by Gasteiger charge is 2.22. The lowest BCUT2D eigenvalue weighted by atomic mass is 10.1. The summed E-state index contributed by atoms with van der Waals surface area (Å²) in [4.78, 5) is 18.5. The van der Waals surface area contributed by atoms with E-state index >= 15 is 0 Å². The molecule has 1 fully saturated rings. The van der Waals surface area contributed by atoms with Crippen molar-refractivity contribution in [2.45, 2.75) is 20.0 Å². The summed E-state index contributed by atoms with van der Waals surface area (Å²) in [6.45, 7) is 7.15. The van der Waals surface area contributed by atoms with Crippen molar-refractivity contribution < 1.29 is 4.79 Å². The molecule has 0 unspecified atom stereocenters. The molecule has 6 nitrogen and oxygen atoms in total. The van der Waals surface area contributed by atoms with E-state index in [2.05, 4.69) is 32.7 Å². The highest BCUT2D eigenvalue weighted by atomic mass is 32.1. The molecule has 1 saturated heterocycles. The second-order valence-corrected chi connectivity index (χ2v) is 7.29. The minimum atomic E-state index is 0.0868. The van der Waals surface area contributed by atoms with Crippen LogP contribution in [0.3, 0.4) is 0 Å². The number of rotatable bonds is 4. The smallest absolute Gasteiger partial charge is 0.254 e. The lowest BCUT2D eigenvalue weighted by molar-refractivity contribution is 0.0630. The van der Waals surface area contributed by atoms with E-state index in [4.69, 9.17) is 0 Å². The van der Waals surface area contributed by atoms with Crippen molar-refractivity contribution in [3.05, 3.63) is 46.2 Å². The van der Waals surface area contributed by atoms with E-state index in [0.717, 1.165) is 50.3 Å². The Morgan fingerprint density at radius 1 is 1.20 bits per heavy atom. The molecule has 3 aromatic rings. The summed E-state index contributed by atoms with van der Waals surface area (Å²) in [5.74, 6) is 0.0868. The summed E-state index contributed by atoms with van der Waals surface area (Å²) in [6.07, 6.45) is 0. The van der Waals surface area contributed by atoms with Crippen LogP contribution < -0.4 is 0 Å². The zero-order valence-electron chi connectivity index (χ0n) is 14.3. The van der Waals surface area contributed by atoms with Crippen LogP contribution in [0.25, 0.3) is 11.0 Å². The van der Waals surface area contributed by atoms with E-state index in [9.17, 15) is 4.79 Å². The Hall–Kier alpha value is -2.25. The van der Waals surface area contributed by atoms with Gasteiger partial charge in [-0.25, -0.2) is 4.68 Å². The van der Waals surface area contributed by atoms with Crippen molar-refractivity contribution >= 4 is 28.3 Å². The average molecular weight is 355 g/mol. The number of nitrogens with zero attached hydrogens (tertiary/aromatic N) is 5. The van der Waals surface area contributed by atoms with Gasteiger partial charge in [0.25, 0.3) is 5.91 Å². The Balaban J connectivity index is 1.41. The standard InChI is InChI=1S/C18H21N5OS/c1-2-23-17-6-5-14(12-16(17)19-20-23)18(24)22-9-7-21(8-10-22)13-15-4-3-11-25-15/h3-6,11-12H,2,7-10,13H2,1H3. The fourth-order valence-corrected chi connectivity index (χ4v) is 4.00. The summed E-state index contributed by atoms with van der Waals surface area (Å²) < 4.78 is 1.84. The molecule has 1 aromatic carbocycles. The van der Waals surface area contributed by atoms with E-state index < -0.39 is 0 Å². The second-order valence-electron chi connectivity index (χ2n) is 6.26. The molecule has 0 bridgehead atoms. The molecule has 3 heterocycles. The first kappa shape index (κ1) is 16.2. The second kappa shape index (κ2) is 6.93. The van der Waals surface area contributed by atoms with Gasteiger partial charge < -0.3 is 4.90 Å². The number of aromatic nitrogens is 3. The number of hydrogen-bond acceptors (Lipinski definition) is 5. The molecule has 0 saturated carbocycles. The van der Waals surface area contributed by atoms with Gasteiger partial charge in [-0.15, -0.1) is 16.4 Å². The first-order valence-corrected chi connectivity index (χ1v) is 9.50. The number of carbonyl (C=O) groups is 1. The number of amides is 1. The van der Waals surface area contributed by atoms with Crippen LogP contribution >= 0.6 is 11.3 Å². The zero-order chi connectivity index (χ0) is 17.2. The van der Waals surface area contributed by atoms with Crippen molar-refractivity contribution in [3.8, 4) is 0 Å². The van der Waals surface area contributed by atoms with Crippen LogP contribution in [0.5, 0.6) is 0 Å². The number of piperazine rings is 1. The molecule has 1 amide bonds. The maximum Gasteiger partial charge on any atom is 0.254 e. The van der Waals surface area contributed by atoms with Crippen LogP contribution in [0.15, 0.2) is 35.7 Å². The molecule has 4 rings (SSSR count). The minimum Gasteiger partial charge on any atom is -0.336 e. The van der Waals surface area contributed by atoms with Crippen LogP contribution in [0.1, 0.15) is 22.2 Å². The maximum absolute atomic E-state index is 12.8. The Labute approximate surface area is 150 Å². The van der Waals surface area contributed by atoms with Crippen molar-refractivity contribution in [2.75, 3.05) is 26.2 Å². The van der Waals surface area contributed by atoms with Gasteiger partial charge in [-0.1, -0.05) is 11.3 Å². The average Bonchev–Trinajstić information content (AvgIpc) is 3.30. The number of carbonyl (C=O) groups excluding carboxylic acids is 1. The Kier molecular flexibility index (Phi) is 4.50. The lowest BCUT2D eigenvalue weighted by Gasteiger charge is -2.34. The van der Waals surface area contributed by atoms with Crippen LogP contribution in [0, 0.1) is 0 Å². The van der Waals surface area contributed by atoms with Gasteiger partial charge in [-0.2, -0.15) is 0 Å². The van der Waals surface area contributed by atoms with Gasteiger partial charge in [0.2, 0.25) is 0 Å². The van der Waals surface area contributed by atoms with E-state index in [1.54, 1.807) is 11.3 Å². The van der Waals surface area contributed by atoms with Gasteiger partial charge in [0.1, 0.15) is 5.52 Å². The molecule has 1 aliphatic rings. The van der Waals surface area contributed by atoms with Crippen LogP contribution in [0.4, 0.5) is 0 Å². The Bertz CT molecular complexity index is 865.